The number of hydrogen-bond acceptors (Lipinski definition) is 3. The Kier molecular flexibility index (Phi) is 4.65. The molecule has 1 atom stereocenters. The fraction of sp³-hybridized carbons (Fsp3) is 0.400. The third kappa shape index (κ3) is 4.22. The number of pyridine rings is 1. The van der Waals surface area contributed by atoms with Gasteiger partial charge >= 0.3 is 6.03 Å². The minimum atomic E-state index is -0.590. The minimum Gasteiger partial charge on any atom is -0.393 e. The van der Waals surface area contributed by atoms with Crippen LogP contribution in [0.2, 0.25) is 0 Å². The van der Waals surface area contributed by atoms with Crippen molar-refractivity contribution in [1.82, 2.24) is 10.3 Å². The van der Waals surface area contributed by atoms with Gasteiger partial charge in [-0.05, 0) is 19.4 Å². The van der Waals surface area contributed by atoms with Gasteiger partial charge in [0.2, 0.25) is 0 Å². The van der Waals surface area contributed by atoms with Gasteiger partial charge in [0.05, 0.1) is 18.0 Å². The molecule has 6 heteroatoms. The van der Waals surface area contributed by atoms with Crippen molar-refractivity contribution < 1.29 is 14.3 Å². The number of carbonyl (C=O) groups is 1. The quantitative estimate of drug-likeness (QED) is 0.721. The molecule has 0 unspecified atom stereocenters. The maximum absolute atomic E-state index is 13.1. The molecule has 0 fully saturated rings. The number of nitrogens with zero attached hydrogens (tertiary/aromatic N) is 1. The van der Waals surface area contributed by atoms with Crippen LogP contribution < -0.4 is 10.6 Å². The van der Waals surface area contributed by atoms with Gasteiger partial charge in [0.15, 0.2) is 5.82 Å². The molecule has 0 aliphatic rings. The Morgan fingerprint density at radius 3 is 3.06 bits per heavy atom. The van der Waals surface area contributed by atoms with E-state index in [0.717, 1.165) is 6.20 Å². The minimum absolute atomic E-state index is 0.0737. The van der Waals surface area contributed by atoms with Crippen LogP contribution in [-0.4, -0.2) is 28.8 Å². The fourth-order valence-electron chi connectivity index (χ4n) is 1.04. The monoisotopic (exact) mass is 227 g/mol. The molecule has 5 nitrogen and oxygen atoms in total. The first-order valence-corrected chi connectivity index (χ1v) is 4.92. The molecule has 1 rings (SSSR count). The molecule has 1 aromatic heterocycles. The van der Waals surface area contributed by atoms with Crippen LogP contribution in [-0.2, 0) is 0 Å². The zero-order valence-corrected chi connectivity index (χ0v) is 8.90. The fourth-order valence-corrected chi connectivity index (χ4v) is 1.04. The Morgan fingerprint density at radius 1 is 1.69 bits per heavy atom. The summed E-state index contributed by atoms with van der Waals surface area (Å²) in [7, 11) is 0. The van der Waals surface area contributed by atoms with E-state index in [-0.39, 0.29) is 5.69 Å². The summed E-state index contributed by atoms with van der Waals surface area (Å²) in [6.45, 7) is 1.96. The number of rotatable bonds is 4. The Labute approximate surface area is 92.7 Å². The Balaban J connectivity index is 2.37. The predicted octanol–water partition coefficient (Wildman–Crippen LogP) is 1.11. The van der Waals surface area contributed by atoms with Gasteiger partial charge in [-0.3, -0.25) is 4.98 Å². The van der Waals surface area contributed by atoms with Crippen LogP contribution in [0.1, 0.15) is 13.3 Å². The molecule has 0 spiro atoms. The van der Waals surface area contributed by atoms with Gasteiger partial charge in [-0.25, -0.2) is 9.18 Å². The Hall–Kier alpha value is -1.69. The van der Waals surface area contributed by atoms with Crippen LogP contribution in [0.25, 0.3) is 0 Å². The van der Waals surface area contributed by atoms with Crippen molar-refractivity contribution in [3.63, 3.8) is 0 Å². The largest absolute Gasteiger partial charge is 0.393 e. The summed E-state index contributed by atoms with van der Waals surface area (Å²) in [6.07, 6.45) is 2.38. The van der Waals surface area contributed by atoms with Gasteiger partial charge in [-0.1, -0.05) is 0 Å². The first-order valence-electron chi connectivity index (χ1n) is 4.92. The smallest absolute Gasteiger partial charge is 0.319 e. The zero-order valence-electron chi connectivity index (χ0n) is 8.90. The average Bonchev–Trinajstić information content (AvgIpc) is 2.21. The molecule has 16 heavy (non-hydrogen) atoms. The number of hydrogen-bond donors (Lipinski definition) is 3. The maximum Gasteiger partial charge on any atom is 0.319 e. The average molecular weight is 227 g/mol. The van der Waals surface area contributed by atoms with Crippen molar-refractivity contribution in [3.8, 4) is 0 Å². The molecule has 2 amide bonds. The maximum atomic E-state index is 13.1. The van der Waals surface area contributed by atoms with Crippen LogP contribution in [0, 0.1) is 5.82 Å². The van der Waals surface area contributed by atoms with Crippen molar-refractivity contribution in [2.45, 2.75) is 19.4 Å². The summed E-state index contributed by atoms with van der Waals surface area (Å²) in [5, 5.41) is 13.8. The number of carbonyl (C=O) groups excluding carboxylic acids is 1. The van der Waals surface area contributed by atoms with E-state index in [1.54, 1.807) is 6.92 Å². The van der Waals surface area contributed by atoms with Crippen molar-refractivity contribution in [1.29, 1.82) is 0 Å². The van der Waals surface area contributed by atoms with E-state index in [9.17, 15) is 9.18 Å². The zero-order chi connectivity index (χ0) is 12.0. The SMILES string of the molecule is C[C@H](O)CCNC(=O)Nc1ccncc1F. The summed E-state index contributed by atoms with van der Waals surface area (Å²) >= 11 is 0. The lowest BCUT2D eigenvalue weighted by atomic mass is 10.3. The number of aromatic nitrogens is 1. The highest BCUT2D eigenvalue weighted by atomic mass is 19.1. The lowest BCUT2D eigenvalue weighted by Crippen LogP contribution is -2.31. The second-order valence-corrected chi connectivity index (χ2v) is 3.37. The van der Waals surface area contributed by atoms with Crippen LogP contribution in [0.5, 0.6) is 0 Å². The molecule has 0 aromatic carbocycles. The molecule has 0 saturated heterocycles. The Bertz CT molecular complexity index is 358. The molecule has 0 saturated carbocycles. The van der Waals surface area contributed by atoms with Gasteiger partial charge < -0.3 is 15.7 Å². The van der Waals surface area contributed by atoms with Crippen LogP contribution in [0.15, 0.2) is 18.5 Å². The summed E-state index contributed by atoms with van der Waals surface area (Å²) in [6, 6.07) is 0.856. The van der Waals surface area contributed by atoms with Gasteiger partial charge in [0.25, 0.3) is 0 Å². The van der Waals surface area contributed by atoms with Gasteiger partial charge in [-0.2, -0.15) is 0 Å². The van der Waals surface area contributed by atoms with Crippen LogP contribution in [0.4, 0.5) is 14.9 Å². The molecule has 3 N–H and O–H groups in total. The molecule has 88 valence electrons. The third-order valence-electron chi connectivity index (χ3n) is 1.87. The van der Waals surface area contributed by atoms with E-state index in [1.807, 2.05) is 0 Å². The van der Waals surface area contributed by atoms with E-state index in [1.165, 1.54) is 12.3 Å². The standard InChI is InChI=1S/C10H14FN3O2/c1-7(15)2-5-13-10(16)14-9-3-4-12-6-8(9)11/h3-4,6-7,15H,2,5H2,1H3,(H2,12,13,14,16)/t7-/m0/s1. The molecular formula is C10H14FN3O2. The van der Waals surface area contributed by atoms with Crippen molar-refractivity contribution in [2.24, 2.45) is 0 Å². The summed E-state index contributed by atoms with van der Waals surface area (Å²) in [5.74, 6) is -0.590. The lowest BCUT2D eigenvalue weighted by molar-refractivity contribution is 0.184. The van der Waals surface area contributed by atoms with E-state index < -0.39 is 18.0 Å². The molecular weight excluding hydrogens is 213 g/mol. The van der Waals surface area contributed by atoms with Crippen molar-refractivity contribution >= 4 is 11.7 Å². The second kappa shape index (κ2) is 6.02. The Morgan fingerprint density at radius 2 is 2.44 bits per heavy atom. The predicted molar refractivity (Wildman–Crippen MR) is 57.5 cm³/mol. The topological polar surface area (TPSA) is 74.2 Å². The molecule has 1 aromatic rings. The lowest BCUT2D eigenvalue weighted by Gasteiger charge is -2.08. The van der Waals surface area contributed by atoms with E-state index in [0.29, 0.717) is 13.0 Å². The van der Waals surface area contributed by atoms with Crippen LogP contribution in [0.3, 0.4) is 0 Å². The second-order valence-electron chi connectivity index (χ2n) is 3.37. The van der Waals surface area contributed by atoms with Gasteiger partial charge in [-0.15, -0.1) is 0 Å². The summed E-state index contributed by atoms with van der Waals surface area (Å²) < 4.78 is 13.1. The first-order chi connectivity index (χ1) is 7.59. The van der Waals surface area contributed by atoms with Gasteiger partial charge in [0, 0.05) is 12.7 Å². The molecule has 1 heterocycles. The highest BCUT2D eigenvalue weighted by molar-refractivity contribution is 5.89. The first kappa shape index (κ1) is 12.4. The third-order valence-corrected chi connectivity index (χ3v) is 1.87. The van der Waals surface area contributed by atoms with Crippen LogP contribution >= 0.6 is 0 Å². The highest BCUT2D eigenvalue weighted by Crippen LogP contribution is 2.09. The number of nitrogens with one attached hydrogen (secondary N) is 2. The molecule has 0 aliphatic carbocycles. The van der Waals surface area contributed by atoms with Crippen molar-refractivity contribution in [2.75, 3.05) is 11.9 Å². The number of amides is 2. The molecule has 0 aliphatic heterocycles. The number of aliphatic hydroxyl groups excluding tert-OH is 1. The van der Waals surface area contributed by atoms with Gasteiger partial charge in [0.1, 0.15) is 0 Å². The molecule has 0 bridgehead atoms. The summed E-state index contributed by atoms with van der Waals surface area (Å²) in [4.78, 5) is 14.8. The normalized spacial score (nSPS) is 11.9. The van der Waals surface area contributed by atoms with Crippen molar-refractivity contribution in [3.05, 3.63) is 24.3 Å². The van der Waals surface area contributed by atoms with E-state index >= 15 is 0 Å². The molecule has 0 radical (unpaired) electrons. The van der Waals surface area contributed by atoms with E-state index in [4.69, 9.17) is 5.11 Å². The number of halogens is 1. The number of urea groups is 1. The summed E-state index contributed by atoms with van der Waals surface area (Å²) in [5.41, 5.74) is 0.0737. The highest BCUT2D eigenvalue weighted by Gasteiger charge is 2.05. The number of anilines is 1. The number of aliphatic hydroxyl groups is 1. The van der Waals surface area contributed by atoms with E-state index in [2.05, 4.69) is 15.6 Å².